The van der Waals surface area contributed by atoms with Gasteiger partial charge in [0, 0.05) is 23.0 Å². The van der Waals surface area contributed by atoms with Gasteiger partial charge in [-0.15, -0.1) is 0 Å². The second-order valence-corrected chi connectivity index (χ2v) is 18.0. The molecule has 0 bridgehead atoms. The van der Waals surface area contributed by atoms with Gasteiger partial charge in [-0.3, -0.25) is 0 Å². The molecule has 57 heavy (non-hydrogen) atoms. The van der Waals surface area contributed by atoms with E-state index < -0.39 is 0 Å². The molecule has 7 aromatic rings. The number of unbranched alkanes of at least 4 members (excludes halogenated alkanes) is 2. The third-order valence-corrected chi connectivity index (χ3v) is 12.5. The number of hydrogen-bond acceptors (Lipinski definition) is 1. The summed E-state index contributed by atoms with van der Waals surface area (Å²) in [5.74, 6) is 0.151. The molecule has 7 rings (SSSR count). The standard InChI is InChI=1S/C56H63N/c1-9-12-14-40-16-20-42(21-17-40)54(43-24-27-48(28-25-43)56(7,8)11-3)46-26-36-52-44(38-46)22-23-45-39-51(35-37-53(45)52)57(49-31-18-41(19-32-49)15-13-10-2)50-33-29-47(30-34-50)55(4,5)6/h16-39,54H,9-15H2,1-8H3. The van der Waals surface area contributed by atoms with Crippen molar-refractivity contribution in [1.29, 1.82) is 0 Å². The zero-order valence-electron chi connectivity index (χ0n) is 35.8. The maximum Gasteiger partial charge on any atom is 0.0468 e. The minimum absolute atomic E-state index is 0.101. The summed E-state index contributed by atoms with van der Waals surface area (Å²) in [6.07, 6.45) is 8.25. The molecule has 0 aromatic heterocycles. The van der Waals surface area contributed by atoms with Gasteiger partial charge in [-0.1, -0.05) is 177 Å². The summed E-state index contributed by atoms with van der Waals surface area (Å²) >= 11 is 0. The average molecular weight is 750 g/mol. The number of hydrogen-bond donors (Lipinski definition) is 0. The van der Waals surface area contributed by atoms with Crippen molar-refractivity contribution in [2.75, 3.05) is 4.90 Å². The Bertz CT molecular complexity index is 2390. The molecule has 0 aliphatic carbocycles. The molecule has 1 atom stereocenters. The van der Waals surface area contributed by atoms with Crippen LogP contribution in [-0.4, -0.2) is 0 Å². The molecule has 0 aliphatic heterocycles. The summed E-state index contributed by atoms with van der Waals surface area (Å²) in [5.41, 5.74) is 13.4. The molecule has 7 aromatic carbocycles. The Morgan fingerprint density at radius 2 is 0.877 bits per heavy atom. The number of aryl methyl sites for hydroxylation is 2. The molecular weight excluding hydrogens is 687 g/mol. The topological polar surface area (TPSA) is 3.24 Å². The van der Waals surface area contributed by atoms with Crippen LogP contribution in [0.5, 0.6) is 0 Å². The van der Waals surface area contributed by atoms with E-state index in [0.717, 1.165) is 19.3 Å². The van der Waals surface area contributed by atoms with Gasteiger partial charge in [0.15, 0.2) is 0 Å². The summed E-state index contributed by atoms with van der Waals surface area (Å²) in [4.78, 5) is 2.41. The fourth-order valence-corrected chi connectivity index (χ4v) is 8.31. The van der Waals surface area contributed by atoms with Crippen molar-refractivity contribution in [1.82, 2.24) is 0 Å². The van der Waals surface area contributed by atoms with Crippen molar-refractivity contribution in [3.8, 4) is 0 Å². The highest BCUT2D eigenvalue weighted by Crippen LogP contribution is 2.40. The second-order valence-electron chi connectivity index (χ2n) is 18.0. The highest BCUT2D eigenvalue weighted by atomic mass is 15.1. The van der Waals surface area contributed by atoms with E-state index in [0.29, 0.717) is 0 Å². The summed E-state index contributed by atoms with van der Waals surface area (Å²) in [6, 6.07) is 56.1. The lowest BCUT2D eigenvalue weighted by Gasteiger charge is -2.27. The summed E-state index contributed by atoms with van der Waals surface area (Å²) < 4.78 is 0. The summed E-state index contributed by atoms with van der Waals surface area (Å²) in [5, 5.41) is 5.09. The Balaban J connectivity index is 1.28. The predicted octanol–water partition coefficient (Wildman–Crippen LogP) is 16.3. The molecule has 0 spiro atoms. The van der Waals surface area contributed by atoms with Crippen LogP contribution in [0.15, 0.2) is 146 Å². The van der Waals surface area contributed by atoms with Gasteiger partial charge in [0.1, 0.15) is 0 Å². The van der Waals surface area contributed by atoms with Gasteiger partial charge in [-0.05, 0) is 140 Å². The second kappa shape index (κ2) is 17.2. The first-order valence-corrected chi connectivity index (χ1v) is 21.6. The number of nitrogens with zero attached hydrogens (tertiary/aromatic N) is 1. The molecule has 292 valence electrons. The van der Waals surface area contributed by atoms with Gasteiger partial charge < -0.3 is 4.90 Å². The molecule has 0 N–H and O–H groups in total. The molecule has 0 fully saturated rings. The van der Waals surface area contributed by atoms with Crippen LogP contribution < -0.4 is 4.90 Å². The van der Waals surface area contributed by atoms with Crippen molar-refractivity contribution in [3.63, 3.8) is 0 Å². The average Bonchev–Trinajstić information content (AvgIpc) is 3.23. The Kier molecular flexibility index (Phi) is 12.1. The third-order valence-electron chi connectivity index (χ3n) is 12.5. The van der Waals surface area contributed by atoms with Gasteiger partial charge in [-0.2, -0.15) is 0 Å². The van der Waals surface area contributed by atoms with Crippen LogP contribution in [0.4, 0.5) is 17.1 Å². The minimum Gasteiger partial charge on any atom is -0.310 e. The fraction of sp³-hybridized carbons (Fsp3) is 0.321. The van der Waals surface area contributed by atoms with E-state index >= 15 is 0 Å². The van der Waals surface area contributed by atoms with Crippen LogP contribution in [0.3, 0.4) is 0 Å². The summed E-state index contributed by atoms with van der Waals surface area (Å²) in [6.45, 7) is 18.3. The first kappa shape index (κ1) is 40.1. The van der Waals surface area contributed by atoms with E-state index in [1.807, 2.05) is 0 Å². The van der Waals surface area contributed by atoms with E-state index in [1.54, 1.807) is 0 Å². The smallest absolute Gasteiger partial charge is 0.0468 e. The number of benzene rings is 7. The van der Waals surface area contributed by atoms with Crippen LogP contribution in [0.25, 0.3) is 21.5 Å². The molecule has 1 unspecified atom stereocenters. The number of anilines is 3. The van der Waals surface area contributed by atoms with Crippen molar-refractivity contribution in [3.05, 3.63) is 185 Å². The van der Waals surface area contributed by atoms with Crippen LogP contribution in [0.2, 0.25) is 0 Å². The Hall–Kier alpha value is -5.14. The number of fused-ring (bicyclic) bond motifs is 3. The fourth-order valence-electron chi connectivity index (χ4n) is 8.31. The minimum atomic E-state index is 0.101. The van der Waals surface area contributed by atoms with Crippen molar-refractivity contribution >= 4 is 38.6 Å². The van der Waals surface area contributed by atoms with Gasteiger partial charge in [0.05, 0.1) is 0 Å². The first-order valence-electron chi connectivity index (χ1n) is 21.6. The molecule has 0 amide bonds. The lowest BCUT2D eigenvalue weighted by molar-refractivity contribution is 0.506. The maximum absolute atomic E-state index is 2.44. The zero-order valence-corrected chi connectivity index (χ0v) is 35.8. The van der Waals surface area contributed by atoms with E-state index in [4.69, 9.17) is 0 Å². The predicted molar refractivity (Wildman–Crippen MR) is 249 cm³/mol. The first-order chi connectivity index (χ1) is 27.5. The van der Waals surface area contributed by atoms with Crippen LogP contribution in [0, 0.1) is 0 Å². The van der Waals surface area contributed by atoms with E-state index in [2.05, 4.69) is 206 Å². The maximum atomic E-state index is 2.44. The number of rotatable bonds is 14. The quantitative estimate of drug-likeness (QED) is 0.0790. The molecule has 0 heterocycles. The normalized spacial score (nSPS) is 12.6. The molecule has 1 heteroatoms. The Morgan fingerprint density at radius 1 is 0.439 bits per heavy atom. The largest absolute Gasteiger partial charge is 0.310 e. The van der Waals surface area contributed by atoms with Gasteiger partial charge in [0.25, 0.3) is 0 Å². The molecule has 1 nitrogen and oxygen atoms in total. The van der Waals surface area contributed by atoms with E-state index in [9.17, 15) is 0 Å². The van der Waals surface area contributed by atoms with Gasteiger partial charge in [0.2, 0.25) is 0 Å². The van der Waals surface area contributed by atoms with Crippen LogP contribution in [0.1, 0.15) is 132 Å². The Labute approximate surface area is 343 Å². The van der Waals surface area contributed by atoms with Crippen molar-refractivity contribution < 1.29 is 0 Å². The molecule has 0 radical (unpaired) electrons. The third kappa shape index (κ3) is 8.89. The molecule has 0 saturated carbocycles. The highest BCUT2D eigenvalue weighted by Gasteiger charge is 2.22. The zero-order chi connectivity index (χ0) is 40.2. The van der Waals surface area contributed by atoms with Crippen LogP contribution >= 0.6 is 0 Å². The SMILES string of the molecule is CCCCc1ccc(C(c2ccc(C(C)(C)CC)cc2)c2ccc3c(ccc4cc(N(c5ccc(CCCC)cc5)c5ccc(C(C)(C)C)cc5)ccc43)c2)cc1. The van der Waals surface area contributed by atoms with E-state index in [-0.39, 0.29) is 16.7 Å². The lowest BCUT2D eigenvalue weighted by Crippen LogP contribution is -2.15. The lowest BCUT2D eigenvalue weighted by atomic mass is 9.79. The highest BCUT2D eigenvalue weighted by molar-refractivity contribution is 6.08. The summed E-state index contributed by atoms with van der Waals surface area (Å²) in [7, 11) is 0. The molecule has 0 saturated heterocycles. The molecular formula is C56H63N. The van der Waals surface area contributed by atoms with Gasteiger partial charge in [-0.25, -0.2) is 0 Å². The van der Waals surface area contributed by atoms with Gasteiger partial charge >= 0.3 is 0 Å². The Morgan fingerprint density at radius 3 is 1.40 bits per heavy atom. The molecule has 0 aliphatic rings. The van der Waals surface area contributed by atoms with Crippen molar-refractivity contribution in [2.45, 2.75) is 117 Å². The monoisotopic (exact) mass is 749 g/mol. The van der Waals surface area contributed by atoms with Crippen molar-refractivity contribution in [2.24, 2.45) is 0 Å². The van der Waals surface area contributed by atoms with Crippen LogP contribution in [-0.2, 0) is 23.7 Å². The van der Waals surface area contributed by atoms with E-state index in [1.165, 1.54) is 103 Å².